The maximum atomic E-state index is 14.6. The smallest absolute Gasteiger partial charge is 0.256 e. The molecular weight excluding hydrogens is 1190 g/mol. The summed E-state index contributed by atoms with van der Waals surface area (Å²) in [6.45, 7) is 3.63. The molecule has 0 aliphatic rings. The zero-order valence-electron chi connectivity index (χ0n) is 52.5. The molecule has 0 aliphatic carbocycles. The van der Waals surface area contributed by atoms with Crippen LogP contribution in [0, 0.1) is 0 Å². The summed E-state index contributed by atoms with van der Waals surface area (Å²) in [6, 6.07) is -9.77. The van der Waals surface area contributed by atoms with E-state index in [-0.39, 0.29) is 153 Å². The van der Waals surface area contributed by atoms with Crippen LogP contribution in [0.5, 0.6) is 0 Å². The number of hydrogen-bond donors (Lipinski definition) is 23. The minimum Gasteiger partial charge on any atom is -0.391 e. The molecule has 0 aromatic rings. The van der Waals surface area contributed by atoms with Crippen LogP contribution in [0.25, 0.3) is 0 Å². The minimum atomic E-state index is -1.47. The predicted octanol–water partition coefficient (Wildman–Crippen LogP) is -11.3. The average Bonchev–Trinajstić information content (AvgIpc) is 1.44. The maximum absolute atomic E-state index is 14.6. The molecule has 0 bridgehead atoms. The summed E-state index contributed by atoms with van der Waals surface area (Å²) in [5.74, 6) is -9.32. The molecule has 40 heteroatoms. The van der Waals surface area contributed by atoms with Gasteiger partial charge in [-0.05, 0) is 117 Å². The highest BCUT2D eigenvalue weighted by Gasteiger charge is 2.34. The number of carbonyl (C=O) groups is 10. The lowest BCUT2D eigenvalue weighted by Gasteiger charge is -2.29. The molecule has 8 atom stereocenters. The number of hydrazine groups is 2. The molecule has 0 rings (SSSR count). The zero-order valence-corrected chi connectivity index (χ0v) is 52.5. The summed E-state index contributed by atoms with van der Waals surface area (Å²) in [6.07, 6.45) is 0.439. The molecule has 518 valence electrons. The highest BCUT2D eigenvalue weighted by atomic mass is 16.3. The fourth-order valence-corrected chi connectivity index (χ4v) is 8.32. The molecule has 0 saturated heterocycles. The van der Waals surface area contributed by atoms with Crippen LogP contribution in [0.15, 0.2) is 25.0 Å². The number of aliphatic hydroxyl groups is 1. The summed E-state index contributed by atoms with van der Waals surface area (Å²) in [5.41, 5.74) is 77.2. The lowest BCUT2D eigenvalue weighted by Crippen LogP contribution is -2.60. The zero-order chi connectivity index (χ0) is 69.0. The second kappa shape index (κ2) is 46.9. The van der Waals surface area contributed by atoms with E-state index in [1.54, 1.807) is 0 Å². The summed E-state index contributed by atoms with van der Waals surface area (Å²) in [4.78, 5) is 156. The number of aliphatic imine (C=N–C) groups is 5. The van der Waals surface area contributed by atoms with E-state index in [0.29, 0.717) is 25.7 Å². The van der Waals surface area contributed by atoms with Gasteiger partial charge in [0.15, 0.2) is 29.8 Å². The van der Waals surface area contributed by atoms with Crippen molar-refractivity contribution in [3.63, 3.8) is 0 Å². The number of nitrogens with one attached hydrogen (secondary N) is 9. The number of carbonyl (C=O) groups excluding carboxylic acids is 10. The average molecular weight is 1300 g/mol. The Morgan fingerprint density at radius 3 is 0.989 bits per heavy atom. The molecule has 91 heavy (non-hydrogen) atoms. The largest absolute Gasteiger partial charge is 0.391 e. The van der Waals surface area contributed by atoms with E-state index in [1.165, 1.54) is 30.8 Å². The predicted molar refractivity (Wildman–Crippen MR) is 341 cm³/mol. The molecule has 0 aromatic carbocycles. The first-order chi connectivity index (χ1) is 42.9. The Hall–Kier alpha value is -9.15. The van der Waals surface area contributed by atoms with Crippen LogP contribution in [-0.2, 0) is 47.9 Å². The van der Waals surface area contributed by atoms with Crippen molar-refractivity contribution in [1.82, 2.24) is 58.1 Å². The van der Waals surface area contributed by atoms with E-state index in [9.17, 15) is 53.1 Å². The first kappa shape index (κ1) is 81.8. The summed E-state index contributed by atoms with van der Waals surface area (Å²) in [5, 5.41) is 30.7. The van der Waals surface area contributed by atoms with E-state index >= 15 is 0 Å². The van der Waals surface area contributed by atoms with Crippen LogP contribution in [0.3, 0.4) is 0 Å². The van der Waals surface area contributed by atoms with Gasteiger partial charge in [0.2, 0.25) is 53.2 Å². The lowest BCUT2D eigenvalue weighted by atomic mass is 10.0. The second-order valence-electron chi connectivity index (χ2n) is 21.0. The number of rotatable bonds is 49. The van der Waals surface area contributed by atoms with Gasteiger partial charge >= 0.3 is 0 Å². The van der Waals surface area contributed by atoms with Crippen LogP contribution in [-0.4, -0.2) is 224 Å². The number of nitrogens with two attached hydrogens (primary N) is 13. The molecule has 0 heterocycles. The molecule has 0 aliphatic heterocycles. The van der Waals surface area contributed by atoms with Crippen molar-refractivity contribution in [3.05, 3.63) is 0 Å². The molecule has 0 saturated carbocycles. The van der Waals surface area contributed by atoms with Crippen LogP contribution < -0.4 is 123 Å². The van der Waals surface area contributed by atoms with Crippen molar-refractivity contribution in [3.8, 4) is 0 Å². The second-order valence-corrected chi connectivity index (χ2v) is 21.0. The highest BCUT2D eigenvalue weighted by Crippen LogP contribution is 2.11. The van der Waals surface area contributed by atoms with Gasteiger partial charge in [0.25, 0.3) is 5.91 Å². The Kier molecular flexibility index (Phi) is 42.2. The number of hydrogen-bond acceptors (Lipinski definition) is 20. The number of aliphatic hydroxyl groups excluding tert-OH is 1. The van der Waals surface area contributed by atoms with Gasteiger partial charge in [0.1, 0.15) is 42.3 Å². The number of guanidine groups is 5. The molecule has 0 fully saturated rings. The highest BCUT2D eigenvalue weighted by molar-refractivity contribution is 5.97. The Morgan fingerprint density at radius 2 is 0.681 bits per heavy atom. The Balaban J connectivity index is 7.22. The van der Waals surface area contributed by atoms with Gasteiger partial charge in [-0.25, -0.2) is 10.0 Å². The third-order valence-corrected chi connectivity index (χ3v) is 12.8. The van der Waals surface area contributed by atoms with E-state index in [4.69, 9.17) is 74.5 Å². The fraction of sp³-hybridized carbons (Fsp3) is 0.706. The van der Waals surface area contributed by atoms with Crippen molar-refractivity contribution in [1.29, 1.82) is 0 Å². The summed E-state index contributed by atoms with van der Waals surface area (Å²) < 4.78 is 0. The summed E-state index contributed by atoms with van der Waals surface area (Å²) in [7, 11) is 0. The van der Waals surface area contributed by atoms with Gasteiger partial charge in [0, 0.05) is 52.7 Å². The van der Waals surface area contributed by atoms with Crippen molar-refractivity contribution in [2.24, 2.45) is 99.5 Å². The molecule has 40 nitrogen and oxygen atoms in total. The Labute approximate surface area is 529 Å². The third-order valence-electron chi connectivity index (χ3n) is 12.8. The number of primary amides is 1. The van der Waals surface area contributed by atoms with Gasteiger partial charge in [-0.15, -0.1) is 0 Å². The minimum absolute atomic E-state index is 0.0116. The normalized spacial score (nSPS) is 13.5. The molecule has 0 spiro atoms. The standard InChI is InChI=1S/C51H103N29O11/c1-29(70-37(83)27-79(77-31(3)82)25-11-23-68-50(61)62)41(86)71-33(15-8-20-65-47(55)56)43(88)73-35(17-10-22-67-49(59)60)45(90)74-34(16-9-21-66-48(57)58)44(89)72-32(13-4-6-18-52)42(87)75-36(14-5-7-19-53)46(91)78-80(26-12-24-69-51(63)64)28-38(84)76-39(30(2)81)40(54)85/h29-30,32-36,39,81H,4-28,52-53H2,1-3H3,(H2,54,85)(H,70,83)(H,71,86)(H,72,89)(H,73,88)(H,74,90)(H,75,87)(H,76,84)(H,77,82)(H,78,91)(H4,55,56,65)(H4,57,58,66)(H4,59,60,67)(H4,61,62,68)(H4,63,64,69)/t29-,30+,32-,33-,34-,35-,36-,39-/m0/s1. The molecular formula is C51H103N29O11. The molecule has 0 unspecified atom stereocenters. The van der Waals surface area contributed by atoms with Gasteiger partial charge in [-0.1, -0.05) is 0 Å². The monoisotopic (exact) mass is 1300 g/mol. The first-order valence-corrected chi connectivity index (χ1v) is 29.7. The van der Waals surface area contributed by atoms with Crippen molar-refractivity contribution >= 4 is 88.9 Å². The van der Waals surface area contributed by atoms with Crippen LogP contribution in [0.4, 0.5) is 0 Å². The van der Waals surface area contributed by atoms with Crippen molar-refractivity contribution in [2.75, 3.05) is 72.0 Å². The van der Waals surface area contributed by atoms with E-state index in [1.807, 2.05) is 0 Å². The topological polar surface area (TPSA) is 706 Å². The Morgan fingerprint density at radius 1 is 0.385 bits per heavy atom. The van der Waals surface area contributed by atoms with Crippen LogP contribution in [0.2, 0.25) is 0 Å². The number of nitrogens with zero attached hydrogens (tertiary/aromatic N) is 7. The van der Waals surface area contributed by atoms with Crippen molar-refractivity contribution in [2.45, 2.75) is 159 Å². The van der Waals surface area contributed by atoms with Gasteiger partial charge < -0.3 is 117 Å². The Bertz CT molecular complexity index is 2450. The van der Waals surface area contributed by atoms with Gasteiger partial charge in [-0.2, -0.15) is 0 Å². The fourth-order valence-electron chi connectivity index (χ4n) is 8.32. The number of amides is 10. The molecule has 0 radical (unpaired) electrons. The SMILES string of the molecule is CC(=O)NN(CCCN=C(N)N)CC(=O)N[C@@H](C)C(=O)N[C@@H](CCCN=C(N)N)C(=O)N[C@@H](CCCN=C(N)N)C(=O)N[C@@H](CCCN=C(N)N)C(=O)N[C@@H](CCCCN)C(=O)N[C@@H](CCCCN)C(=O)NN(CCCN=C(N)N)CC(=O)N[C@H](C(N)=O)[C@@H](C)O. The lowest BCUT2D eigenvalue weighted by molar-refractivity contribution is -0.137. The maximum Gasteiger partial charge on any atom is 0.256 e. The first-order valence-electron chi connectivity index (χ1n) is 29.7. The quantitative estimate of drug-likeness (QED) is 0.0116. The number of unbranched alkanes of at least 4 members (excludes halogenated alkanes) is 2. The van der Waals surface area contributed by atoms with E-state index in [2.05, 4.69) is 73.0 Å². The third kappa shape index (κ3) is 40.2. The van der Waals surface area contributed by atoms with Crippen LogP contribution >= 0.6 is 0 Å². The molecule has 0 aromatic heterocycles. The summed E-state index contributed by atoms with van der Waals surface area (Å²) >= 11 is 0. The van der Waals surface area contributed by atoms with Crippen LogP contribution in [0.1, 0.15) is 111 Å². The molecule has 36 N–H and O–H groups in total. The van der Waals surface area contributed by atoms with Crippen molar-refractivity contribution < 1.29 is 53.1 Å². The van der Waals surface area contributed by atoms with Gasteiger partial charge in [0.05, 0.1) is 19.2 Å². The van der Waals surface area contributed by atoms with E-state index in [0.717, 1.165) is 0 Å². The molecule has 10 amide bonds. The van der Waals surface area contributed by atoms with Gasteiger partial charge in [-0.3, -0.25) is 83.8 Å². The van der Waals surface area contributed by atoms with E-state index < -0.39 is 121 Å².